The number of piperidine rings is 1. The fraction of sp³-hybridized carbons (Fsp3) is 0.529. The van der Waals surface area contributed by atoms with Gasteiger partial charge in [0.05, 0.1) is 19.3 Å². The van der Waals surface area contributed by atoms with Crippen LogP contribution < -0.4 is 24.8 Å². The molecular weight excluding hydrogens is 528 g/mol. The molecule has 1 aromatic heterocycles. The van der Waals surface area contributed by atoms with Crippen molar-refractivity contribution in [3.05, 3.63) is 59.9 Å². The molecule has 2 aromatic carbocycles. The van der Waals surface area contributed by atoms with E-state index in [0.717, 1.165) is 55.4 Å². The van der Waals surface area contributed by atoms with Crippen molar-refractivity contribution >= 4 is 16.7 Å². The van der Waals surface area contributed by atoms with Crippen LogP contribution in [0.4, 0.5) is 0 Å². The molecule has 4 atom stereocenters. The van der Waals surface area contributed by atoms with Gasteiger partial charge in [-0.3, -0.25) is 9.78 Å². The van der Waals surface area contributed by atoms with Crippen molar-refractivity contribution in [2.75, 3.05) is 26.7 Å². The Labute approximate surface area is 248 Å². The van der Waals surface area contributed by atoms with Gasteiger partial charge in [0.15, 0.2) is 11.5 Å². The van der Waals surface area contributed by atoms with Gasteiger partial charge in [-0.05, 0) is 93.1 Å². The van der Waals surface area contributed by atoms with Crippen molar-refractivity contribution in [3.63, 3.8) is 0 Å². The highest BCUT2D eigenvalue weighted by atomic mass is 16.7. The predicted molar refractivity (Wildman–Crippen MR) is 162 cm³/mol. The summed E-state index contributed by atoms with van der Waals surface area (Å²) in [4.78, 5) is 21.7. The van der Waals surface area contributed by atoms with Gasteiger partial charge in [0.1, 0.15) is 0 Å². The van der Waals surface area contributed by atoms with Gasteiger partial charge in [0.2, 0.25) is 11.5 Å². The summed E-state index contributed by atoms with van der Waals surface area (Å²) in [7, 11) is 1.60. The number of aromatic nitrogens is 1. The number of methoxy groups -OCH3 is 1. The van der Waals surface area contributed by atoms with Crippen molar-refractivity contribution < 1.29 is 19.0 Å². The summed E-state index contributed by atoms with van der Waals surface area (Å²) >= 11 is 0. The summed E-state index contributed by atoms with van der Waals surface area (Å²) in [6, 6.07) is 14.3. The molecule has 4 heterocycles. The molecule has 3 fully saturated rings. The number of hydrogen-bond donors (Lipinski definition) is 2. The molecule has 2 N–H and O–H groups in total. The molecule has 0 spiro atoms. The minimum Gasteiger partial charge on any atom is -0.493 e. The molecule has 222 valence electrons. The lowest BCUT2D eigenvalue weighted by Crippen LogP contribution is -2.52. The lowest BCUT2D eigenvalue weighted by molar-refractivity contribution is -0.0439. The minimum absolute atomic E-state index is 0.0284. The first kappa shape index (κ1) is 27.5. The topological polar surface area (TPSA) is 85.0 Å². The van der Waals surface area contributed by atoms with Crippen molar-refractivity contribution in [2.24, 2.45) is 17.8 Å². The van der Waals surface area contributed by atoms with E-state index in [0.29, 0.717) is 47.1 Å². The van der Waals surface area contributed by atoms with Crippen LogP contribution in [0.1, 0.15) is 62.0 Å². The molecule has 0 radical (unpaired) electrons. The Morgan fingerprint density at radius 1 is 1.10 bits per heavy atom. The number of amides is 1. The van der Waals surface area contributed by atoms with E-state index >= 15 is 0 Å². The summed E-state index contributed by atoms with van der Waals surface area (Å²) in [6.07, 6.45) is 7.69. The summed E-state index contributed by atoms with van der Waals surface area (Å²) < 4.78 is 17.8. The number of carbonyl (C=O) groups excluding carboxylic acids is 1. The fourth-order valence-electron chi connectivity index (χ4n) is 7.87. The Kier molecular flexibility index (Phi) is 7.22. The maximum absolute atomic E-state index is 14.8. The van der Waals surface area contributed by atoms with E-state index in [1.807, 2.05) is 38.2 Å². The molecule has 3 aromatic rings. The minimum atomic E-state index is -0.823. The number of nitrogens with zero attached hydrogens (tertiary/aromatic N) is 2. The van der Waals surface area contributed by atoms with E-state index in [1.54, 1.807) is 13.2 Å². The summed E-state index contributed by atoms with van der Waals surface area (Å²) in [6.45, 7) is 7.32. The first-order chi connectivity index (χ1) is 20.4. The number of benzene rings is 2. The van der Waals surface area contributed by atoms with Gasteiger partial charge in [-0.1, -0.05) is 24.3 Å². The molecule has 8 heteroatoms. The van der Waals surface area contributed by atoms with Crippen molar-refractivity contribution in [2.45, 2.75) is 70.4 Å². The standard InChI is InChI=1S/C34H42N4O4/c1-34(2)41-31-15-25(14-30(40-3)32(31)42-34)33(39)38(20-26-13-21-7-4-5-8-22(21)19-37-26)29(28-9-6-12-36-28)16-27-23-10-11-24(27)18-35-17-23/h4-5,7-8,13-15,19,23-24,27-29,35-36H,6,9-12,16-18,20H2,1-3H3/t23?,24?,27?,28-,29?/m0/s1. The summed E-state index contributed by atoms with van der Waals surface area (Å²) in [5, 5.41) is 9.66. The third kappa shape index (κ3) is 5.20. The lowest BCUT2D eigenvalue weighted by atomic mass is 9.79. The normalized spacial score (nSPS) is 26.4. The molecule has 4 aliphatic rings. The fourth-order valence-corrected chi connectivity index (χ4v) is 7.87. The van der Waals surface area contributed by atoms with Gasteiger partial charge in [0.25, 0.3) is 5.91 Å². The molecule has 7 rings (SSSR count). The second-order valence-electron chi connectivity index (χ2n) is 13.0. The van der Waals surface area contributed by atoms with E-state index in [2.05, 4.69) is 33.7 Å². The second-order valence-corrected chi connectivity index (χ2v) is 13.0. The molecule has 2 bridgehead atoms. The number of rotatable bonds is 8. The molecule has 3 unspecified atom stereocenters. The monoisotopic (exact) mass is 570 g/mol. The highest BCUT2D eigenvalue weighted by Gasteiger charge is 2.44. The van der Waals surface area contributed by atoms with Crippen LogP contribution in [-0.4, -0.2) is 60.4 Å². The van der Waals surface area contributed by atoms with Crippen molar-refractivity contribution in [1.29, 1.82) is 0 Å². The van der Waals surface area contributed by atoms with Crippen molar-refractivity contribution in [3.8, 4) is 17.2 Å². The van der Waals surface area contributed by atoms with E-state index in [4.69, 9.17) is 19.2 Å². The Morgan fingerprint density at radius 3 is 2.62 bits per heavy atom. The summed E-state index contributed by atoms with van der Waals surface area (Å²) in [5.74, 6) is 2.71. The largest absolute Gasteiger partial charge is 0.493 e. The number of pyridine rings is 1. The highest BCUT2D eigenvalue weighted by Crippen LogP contribution is 2.47. The van der Waals surface area contributed by atoms with Crippen LogP contribution in [0.15, 0.2) is 48.7 Å². The van der Waals surface area contributed by atoms with Crippen LogP contribution in [-0.2, 0) is 6.54 Å². The Bertz CT molecular complexity index is 1450. The quantitative estimate of drug-likeness (QED) is 0.388. The molecule has 3 aliphatic heterocycles. The zero-order valence-corrected chi connectivity index (χ0v) is 24.9. The number of fused-ring (bicyclic) bond motifs is 4. The van der Waals surface area contributed by atoms with Crippen LogP contribution in [0.25, 0.3) is 10.8 Å². The van der Waals surface area contributed by atoms with Crippen LogP contribution in [0.3, 0.4) is 0 Å². The maximum atomic E-state index is 14.8. The van der Waals surface area contributed by atoms with Crippen LogP contribution in [0, 0.1) is 17.8 Å². The van der Waals surface area contributed by atoms with Gasteiger partial charge in [0, 0.05) is 43.1 Å². The maximum Gasteiger partial charge on any atom is 0.254 e. The molecule has 42 heavy (non-hydrogen) atoms. The zero-order chi connectivity index (χ0) is 28.8. The zero-order valence-electron chi connectivity index (χ0n) is 24.9. The number of ether oxygens (including phenoxy) is 3. The first-order valence-corrected chi connectivity index (χ1v) is 15.6. The third-order valence-corrected chi connectivity index (χ3v) is 9.88. The van der Waals surface area contributed by atoms with Crippen molar-refractivity contribution in [1.82, 2.24) is 20.5 Å². The van der Waals surface area contributed by atoms with E-state index in [1.165, 1.54) is 12.8 Å². The molecule has 1 amide bonds. The van der Waals surface area contributed by atoms with E-state index < -0.39 is 5.79 Å². The van der Waals surface area contributed by atoms with E-state index in [-0.39, 0.29) is 18.0 Å². The lowest BCUT2D eigenvalue weighted by Gasteiger charge is -2.41. The van der Waals surface area contributed by atoms with Gasteiger partial charge in [-0.2, -0.15) is 0 Å². The average molecular weight is 571 g/mol. The Morgan fingerprint density at radius 2 is 1.88 bits per heavy atom. The molecule has 1 saturated carbocycles. The van der Waals surface area contributed by atoms with Gasteiger partial charge in [-0.25, -0.2) is 0 Å². The molecule has 8 nitrogen and oxygen atoms in total. The van der Waals surface area contributed by atoms with Gasteiger partial charge < -0.3 is 29.7 Å². The predicted octanol–water partition coefficient (Wildman–Crippen LogP) is 5.15. The van der Waals surface area contributed by atoms with Crippen LogP contribution in [0.5, 0.6) is 17.2 Å². The van der Waals surface area contributed by atoms with Gasteiger partial charge >= 0.3 is 0 Å². The molecular formula is C34H42N4O4. The van der Waals surface area contributed by atoms with Crippen LogP contribution >= 0.6 is 0 Å². The first-order valence-electron chi connectivity index (χ1n) is 15.6. The summed E-state index contributed by atoms with van der Waals surface area (Å²) in [5.41, 5.74) is 1.44. The van der Waals surface area contributed by atoms with Crippen LogP contribution in [0.2, 0.25) is 0 Å². The highest BCUT2D eigenvalue weighted by molar-refractivity contribution is 5.96. The van der Waals surface area contributed by atoms with Gasteiger partial charge in [-0.15, -0.1) is 0 Å². The number of nitrogens with one attached hydrogen (secondary N) is 2. The molecule has 2 saturated heterocycles. The average Bonchev–Trinajstić information content (AvgIpc) is 3.68. The second kappa shape index (κ2) is 11.0. The number of carbonyl (C=O) groups is 1. The Hall–Kier alpha value is -3.36. The smallest absolute Gasteiger partial charge is 0.254 e. The SMILES string of the molecule is COc1cc(C(=O)N(Cc2cc3ccccc3cn2)C(CC2C3CCC2CNC3)[C@@H]2CCCN2)cc2c1OC(C)(C)O2. The van der Waals surface area contributed by atoms with E-state index in [9.17, 15) is 4.79 Å². The molecule has 1 aliphatic carbocycles. The Balaban J connectivity index is 1.28. The third-order valence-electron chi connectivity index (χ3n) is 9.88. The number of hydrogen-bond acceptors (Lipinski definition) is 7.